The SMILES string of the molecule is CC(C)CCCC(CSCC(C)C)NN. The molecule has 0 spiro atoms. The Hall–Kier alpha value is 0.270. The summed E-state index contributed by atoms with van der Waals surface area (Å²) in [7, 11) is 0. The van der Waals surface area contributed by atoms with Gasteiger partial charge >= 0.3 is 0 Å². The predicted molar refractivity (Wildman–Crippen MR) is 72.0 cm³/mol. The number of hydrazine groups is 1. The third kappa shape index (κ3) is 10.6. The van der Waals surface area contributed by atoms with Crippen molar-refractivity contribution in [3.05, 3.63) is 0 Å². The summed E-state index contributed by atoms with van der Waals surface area (Å²) in [6, 6.07) is 0.493. The highest BCUT2D eigenvalue weighted by Gasteiger charge is 2.07. The van der Waals surface area contributed by atoms with Gasteiger partial charge in [0.05, 0.1) is 0 Å². The second-order valence-electron chi connectivity index (χ2n) is 5.12. The Morgan fingerprint density at radius 2 is 1.67 bits per heavy atom. The highest BCUT2D eigenvalue weighted by molar-refractivity contribution is 7.99. The number of nitrogens with one attached hydrogen (secondary N) is 1. The smallest absolute Gasteiger partial charge is 0.0301 e. The minimum Gasteiger partial charge on any atom is -0.271 e. The molecule has 0 rings (SSSR count). The lowest BCUT2D eigenvalue weighted by atomic mass is 10.0. The molecule has 0 aliphatic heterocycles. The summed E-state index contributed by atoms with van der Waals surface area (Å²) in [5.74, 6) is 9.52. The van der Waals surface area contributed by atoms with Gasteiger partial charge in [0, 0.05) is 11.8 Å². The van der Waals surface area contributed by atoms with Crippen LogP contribution in [0.4, 0.5) is 0 Å². The number of thioether (sulfide) groups is 1. The molecule has 0 aliphatic carbocycles. The average molecular weight is 232 g/mol. The van der Waals surface area contributed by atoms with E-state index >= 15 is 0 Å². The average Bonchev–Trinajstić information content (AvgIpc) is 2.14. The summed E-state index contributed by atoms with van der Waals surface area (Å²) >= 11 is 2.01. The highest BCUT2D eigenvalue weighted by Crippen LogP contribution is 2.13. The van der Waals surface area contributed by atoms with E-state index in [2.05, 4.69) is 33.1 Å². The molecule has 0 saturated heterocycles. The summed E-state index contributed by atoms with van der Waals surface area (Å²) < 4.78 is 0. The molecule has 0 saturated carbocycles. The number of hydrogen-bond donors (Lipinski definition) is 2. The first kappa shape index (κ1) is 15.3. The van der Waals surface area contributed by atoms with Gasteiger partial charge in [-0.2, -0.15) is 11.8 Å². The van der Waals surface area contributed by atoms with E-state index in [1.165, 1.54) is 25.0 Å². The molecule has 0 amide bonds. The summed E-state index contributed by atoms with van der Waals surface area (Å²) in [5.41, 5.74) is 2.93. The van der Waals surface area contributed by atoms with Crippen LogP contribution < -0.4 is 11.3 Å². The van der Waals surface area contributed by atoms with Crippen molar-refractivity contribution in [3.8, 4) is 0 Å². The molecule has 3 N–H and O–H groups in total. The van der Waals surface area contributed by atoms with Gasteiger partial charge < -0.3 is 0 Å². The third-order valence-corrected chi connectivity index (χ3v) is 3.88. The van der Waals surface area contributed by atoms with Crippen molar-refractivity contribution in [3.63, 3.8) is 0 Å². The van der Waals surface area contributed by atoms with Crippen LogP contribution in [-0.2, 0) is 0 Å². The molecule has 0 aliphatic rings. The van der Waals surface area contributed by atoms with Crippen molar-refractivity contribution in [1.29, 1.82) is 0 Å². The minimum absolute atomic E-state index is 0.493. The zero-order chi connectivity index (χ0) is 11.7. The molecular formula is C12H28N2S. The van der Waals surface area contributed by atoms with Gasteiger partial charge in [-0.25, -0.2) is 0 Å². The van der Waals surface area contributed by atoms with E-state index < -0.39 is 0 Å². The molecule has 2 nitrogen and oxygen atoms in total. The van der Waals surface area contributed by atoms with Crippen molar-refractivity contribution < 1.29 is 0 Å². The molecule has 0 radical (unpaired) electrons. The molecule has 0 aromatic carbocycles. The Morgan fingerprint density at radius 3 is 2.13 bits per heavy atom. The van der Waals surface area contributed by atoms with Gasteiger partial charge in [0.15, 0.2) is 0 Å². The van der Waals surface area contributed by atoms with Crippen molar-refractivity contribution in [1.82, 2.24) is 5.43 Å². The van der Waals surface area contributed by atoms with Crippen LogP contribution in [0, 0.1) is 11.8 Å². The van der Waals surface area contributed by atoms with Crippen LogP contribution in [0.3, 0.4) is 0 Å². The first-order valence-electron chi connectivity index (χ1n) is 6.10. The number of nitrogens with two attached hydrogens (primary N) is 1. The number of hydrogen-bond acceptors (Lipinski definition) is 3. The Kier molecular flexibility index (Phi) is 9.66. The van der Waals surface area contributed by atoms with Gasteiger partial charge in [-0.05, 0) is 24.0 Å². The second-order valence-corrected chi connectivity index (χ2v) is 6.19. The topological polar surface area (TPSA) is 38.0 Å². The molecule has 0 aromatic heterocycles. The second kappa shape index (κ2) is 9.49. The molecule has 92 valence electrons. The van der Waals surface area contributed by atoms with Crippen molar-refractivity contribution in [2.45, 2.75) is 53.0 Å². The molecule has 3 heteroatoms. The maximum atomic E-state index is 5.54. The van der Waals surface area contributed by atoms with Crippen LogP contribution >= 0.6 is 11.8 Å². The highest BCUT2D eigenvalue weighted by atomic mass is 32.2. The largest absolute Gasteiger partial charge is 0.271 e. The Bertz CT molecular complexity index is 124. The van der Waals surface area contributed by atoms with E-state index in [9.17, 15) is 0 Å². The van der Waals surface area contributed by atoms with E-state index in [0.29, 0.717) is 6.04 Å². The van der Waals surface area contributed by atoms with Crippen LogP contribution in [-0.4, -0.2) is 17.5 Å². The maximum Gasteiger partial charge on any atom is 0.0301 e. The van der Waals surface area contributed by atoms with E-state index in [0.717, 1.165) is 17.6 Å². The number of rotatable bonds is 9. The normalized spacial score (nSPS) is 13.8. The molecule has 1 unspecified atom stereocenters. The van der Waals surface area contributed by atoms with Gasteiger partial charge in [0.1, 0.15) is 0 Å². The zero-order valence-corrected chi connectivity index (χ0v) is 11.6. The lowest BCUT2D eigenvalue weighted by Gasteiger charge is -2.16. The lowest BCUT2D eigenvalue weighted by molar-refractivity contribution is 0.469. The van der Waals surface area contributed by atoms with E-state index in [1.54, 1.807) is 0 Å². The Morgan fingerprint density at radius 1 is 1.00 bits per heavy atom. The molecule has 0 bridgehead atoms. The van der Waals surface area contributed by atoms with E-state index in [4.69, 9.17) is 5.84 Å². The van der Waals surface area contributed by atoms with Gasteiger partial charge in [-0.15, -0.1) is 0 Å². The Labute approximate surface area is 99.7 Å². The summed E-state index contributed by atoms with van der Waals surface area (Å²) in [6.45, 7) is 9.07. The van der Waals surface area contributed by atoms with Gasteiger partial charge in [0.25, 0.3) is 0 Å². The Balaban J connectivity index is 3.46. The van der Waals surface area contributed by atoms with Gasteiger partial charge in [-0.1, -0.05) is 40.5 Å². The predicted octanol–water partition coefficient (Wildman–Crippen LogP) is 3.03. The molecular weight excluding hydrogens is 204 g/mol. The molecule has 0 aromatic rings. The van der Waals surface area contributed by atoms with Gasteiger partial charge in [-0.3, -0.25) is 11.3 Å². The summed E-state index contributed by atoms with van der Waals surface area (Å²) in [4.78, 5) is 0. The third-order valence-electron chi connectivity index (χ3n) is 2.34. The summed E-state index contributed by atoms with van der Waals surface area (Å²) in [5, 5.41) is 0. The monoisotopic (exact) mass is 232 g/mol. The van der Waals surface area contributed by atoms with Crippen molar-refractivity contribution >= 4 is 11.8 Å². The van der Waals surface area contributed by atoms with Crippen LogP contribution in [0.2, 0.25) is 0 Å². The quantitative estimate of drug-likeness (QED) is 0.474. The molecule has 0 fully saturated rings. The van der Waals surface area contributed by atoms with Crippen LogP contribution in [0.1, 0.15) is 47.0 Å². The van der Waals surface area contributed by atoms with Gasteiger partial charge in [0.2, 0.25) is 0 Å². The standard InChI is InChI=1S/C12H28N2S/c1-10(2)6-5-7-12(14-13)9-15-8-11(3)4/h10-12,14H,5-9,13H2,1-4H3. The van der Waals surface area contributed by atoms with Crippen LogP contribution in [0.25, 0.3) is 0 Å². The maximum absolute atomic E-state index is 5.54. The fraction of sp³-hybridized carbons (Fsp3) is 1.00. The molecule has 15 heavy (non-hydrogen) atoms. The summed E-state index contributed by atoms with van der Waals surface area (Å²) in [6.07, 6.45) is 3.81. The van der Waals surface area contributed by atoms with Crippen LogP contribution in [0.15, 0.2) is 0 Å². The fourth-order valence-corrected chi connectivity index (χ4v) is 2.59. The zero-order valence-electron chi connectivity index (χ0n) is 10.8. The fourth-order valence-electron chi connectivity index (χ4n) is 1.43. The van der Waals surface area contributed by atoms with E-state index in [-0.39, 0.29) is 0 Å². The first-order valence-corrected chi connectivity index (χ1v) is 7.25. The minimum atomic E-state index is 0.493. The first-order chi connectivity index (χ1) is 7.06. The van der Waals surface area contributed by atoms with Crippen molar-refractivity contribution in [2.24, 2.45) is 17.7 Å². The molecule has 1 atom stereocenters. The van der Waals surface area contributed by atoms with Crippen LogP contribution in [0.5, 0.6) is 0 Å². The van der Waals surface area contributed by atoms with E-state index in [1.807, 2.05) is 11.8 Å². The lowest BCUT2D eigenvalue weighted by Crippen LogP contribution is -2.37. The van der Waals surface area contributed by atoms with Crippen molar-refractivity contribution in [2.75, 3.05) is 11.5 Å². The molecule has 0 heterocycles.